The highest BCUT2D eigenvalue weighted by Gasteiger charge is 2.21. The molecule has 1 unspecified atom stereocenters. The van der Waals surface area contributed by atoms with Gasteiger partial charge in [0.1, 0.15) is 0 Å². The maximum Gasteiger partial charge on any atom is 0.171 e. The van der Waals surface area contributed by atoms with Crippen LogP contribution in [-0.4, -0.2) is 44.8 Å². The van der Waals surface area contributed by atoms with Gasteiger partial charge in [-0.2, -0.15) is 0 Å². The standard InChI is InChI=1S/C12H27NO3/c1-10(11(15-4)16-5)13-9-12(2,3)7-6-8-14/h10-11,13-14H,6-9H2,1-5H3. The molecule has 4 heteroatoms. The van der Waals surface area contributed by atoms with E-state index in [9.17, 15) is 0 Å². The van der Waals surface area contributed by atoms with E-state index in [1.54, 1.807) is 14.2 Å². The summed E-state index contributed by atoms with van der Waals surface area (Å²) in [4.78, 5) is 0. The Bertz CT molecular complexity index is 170. The van der Waals surface area contributed by atoms with Gasteiger partial charge >= 0.3 is 0 Å². The van der Waals surface area contributed by atoms with Crippen LogP contribution in [0.5, 0.6) is 0 Å². The van der Waals surface area contributed by atoms with Gasteiger partial charge in [-0.25, -0.2) is 0 Å². The molecule has 0 amide bonds. The molecule has 2 N–H and O–H groups in total. The molecule has 0 aromatic rings. The molecular weight excluding hydrogens is 206 g/mol. The van der Waals surface area contributed by atoms with Crippen LogP contribution in [0.15, 0.2) is 0 Å². The first-order valence-corrected chi connectivity index (χ1v) is 5.86. The molecule has 0 aliphatic carbocycles. The Kier molecular flexibility index (Phi) is 7.93. The van der Waals surface area contributed by atoms with E-state index in [0.717, 1.165) is 19.4 Å². The molecule has 0 aliphatic heterocycles. The van der Waals surface area contributed by atoms with E-state index in [-0.39, 0.29) is 24.4 Å². The molecule has 0 heterocycles. The summed E-state index contributed by atoms with van der Waals surface area (Å²) in [6, 6.07) is 0.156. The lowest BCUT2D eigenvalue weighted by molar-refractivity contribution is -0.120. The van der Waals surface area contributed by atoms with Crippen molar-refractivity contribution >= 4 is 0 Å². The lowest BCUT2D eigenvalue weighted by Gasteiger charge is -2.29. The third-order valence-corrected chi connectivity index (χ3v) is 2.79. The van der Waals surface area contributed by atoms with E-state index >= 15 is 0 Å². The van der Waals surface area contributed by atoms with Crippen LogP contribution >= 0.6 is 0 Å². The van der Waals surface area contributed by atoms with E-state index in [1.165, 1.54) is 0 Å². The number of hydrogen-bond donors (Lipinski definition) is 2. The van der Waals surface area contributed by atoms with Gasteiger partial charge in [0.05, 0.1) is 6.04 Å². The molecule has 0 fully saturated rings. The molecule has 0 saturated carbocycles. The smallest absolute Gasteiger partial charge is 0.171 e. The predicted octanol–water partition coefficient (Wildman–Crippen LogP) is 1.38. The Morgan fingerprint density at radius 2 is 1.81 bits per heavy atom. The van der Waals surface area contributed by atoms with Gasteiger partial charge in [0, 0.05) is 27.4 Å². The van der Waals surface area contributed by atoms with E-state index in [2.05, 4.69) is 19.2 Å². The van der Waals surface area contributed by atoms with Gasteiger partial charge in [-0.15, -0.1) is 0 Å². The summed E-state index contributed by atoms with van der Waals surface area (Å²) in [7, 11) is 3.28. The number of ether oxygens (including phenoxy) is 2. The van der Waals surface area contributed by atoms with Crippen molar-refractivity contribution in [2.45, 2.75) is 45.9 Å². The SMILES string of the molecule is COC(OC)C(C)NCC(C)(C)CCCO. The first-order chi connectivity index (χ1) is 7.46. The highest BCUT2D eigenvalue weighted by molar-refractivity contribution is 4.75. The zero-order chi connectivity index (χ0) is 12.6. The third kappa shape index (κ3) is 6.43. The van der Waals surface area contributed by atoms with Crippen LogP contribution in [0, 0.1) is 5.41 Å². The molecule has 0 bridgehead atoms. The van der Waals surface area contributed by atoms with Crippen LogP contribution < -0.4 is 5.32 Å². The van der Waals surface area contributed by atoms with Crippen LogP contribution in [0.2, 0.25) is 0 Å². The fourth-order valence-electron chi connectivity index (χ4n) is 1.68. The van der Waals surface area contributed by atoms with E-state index in [1.807, 2.05) is 6.92 Å². The highest BCUT2D eigenvalue weighted by Crippen LogP contribution is 2.21. The fraction of sp³-hybridized carbons (Fsp3) is 1.00. The molecule has 0 rings (SSSR count). The van der Waals surface area contributed by atoms with Crippen molar-refractivity contribution in [3.63, 3.8) is 0 Å². The van der Waals surface area contributed by atoms with Crippen LogP contribution in [0.3, 0.4) is 0 Å². The minimum absolute atomic E-state index is 0.156. The van der Waals surface area contributed by atoms with Gasteiger partial charge in [0.15, 0.2) is 6.29 Å². The number of aliphatic hydroxyl groups is 1. The van der Waals surface area contributed by atoms with Gasteiger partial charge in [-0.3, -0.25) is 0 Å². The first-order valence-electron chi connectivity index (χ1n) is 5.86. The monoisotopic (exact) mass is 233 g/mol. The van der Waals surface area contributed by atoms with Crippen LogP contribution in [0.1, 0.15) is 33.6 Å². The van der Waals surface area contributed by atoms with E-state index in [4.69, 9.17) is 14.6 Å². The maximum absolute atomic E-state index is 8.81. The molecular formula is C12H27NO3. The Morgan fingerprint density at radius 3 is 2.25 bits per heavy atom. The molecule has 4 nitrogen and oxygen atoms in total. The molecule has 0 aliphatic rings. The van der Waals surface area contributed by atoms with Crippen LogP contribution in [0.4, 0.5) is 0 Å². The average molecular weight is 233 g/mol. The van der Waals surface area contributed by atoms with Gasteiger partial charge in [-0.05, 0) is 25.2 Å². The minimum Gasteiger partial charge on any atom is -0.396 e. The van der Waals surface area contributed by atoms with Crippen LogP contribution in [-0.2, 0) is 9.47 Å². The van der Waals surface area contributed by atoms with Gasteiger partial charge in [0.2, 0.25) is 0 Å². The minimum atomic E-state index is -0.214. The highest BCUT2D eigenvalue weighted by atomic mass is 16.7. The summed E-state index contributed by atoms with van der Waals surface area (Å²) in [6.45, 7) is 7.57. The number of rotatable bonds is 9. The summed E-state index contributed by atoms with van der Waals surface area (Å²) >= 11 is 0. The molecule has 0 radical (unpaired) electrons. The summed E-state index contributed by atoms with van der Waals surface area (Å²) in [5.74, 6) is 0. The lowest BCUT2D eigenvalue weighted by atomic mass is 9.87. The van der Waals surface area contributed by atoms with Gasteiger partial charge < -0.3 is 19.9 Å². The Labute approximate surface area is 99.3 Å². The van der Waals surface area contributed by atoms with Gasteiger partial charge in [0.25, 0.3) is 0 Å². The summed E-state index contributed by atoms with van der Waals surface area (Å²) in [5, 5.41) is 12.2. The van der Waals surface area contributed by atoms with E-state index in [0.29, 0.717) is 0 Å². The Balaban J connectivity index is 3.92. The summed E-state index contributed by atoms with van der Waals surface area (Å²) in [5.41, 5.74) is 0.184. The Morgan fingerprint density at radius 1 is 1.25 bits per heavy atom. The van der Waals surface area contributed by atoms with Gasteiger partial charge in [-0.1, -0.05) is 13.8 Å². The molecule has 1 atom stereocenters. The topological polar surface area (TPSA) is 50.7 Å². The van der Waals surface area contributed by atoms with Crippen molar-refractivity contribution < 1.29 is 14.6 Å². The molecule has 0 saturated heterocycles. The number of nitrogens with one attached hydrogen (secondary N) is 1. The fourth-order valence-corrected chi connectivity index (χ4v) is 1.68. The van der Waals surface area contributed by atoms with Crippen LogP contribution in [0.25, 0.3) is 0 Å². The molecule has 0 spiro atoms. The summed E-state index contributed by atoms with van der Waals surface area (Å²) in [6.07, 6.45) is 1.64. The van der Waals surface area contributed by atoms with Crippen molar-refractivity contribution in [1.82, 2.24) is 5.32 Å². The van der Waals surface area contributed by atoms with Crippen molar-refractivity contribution in [2.24, 2.45) is 5.41 Å². The number of aliphatic hydroxyl groups excluding tert-OH is 1. The van der Waals surface area contributed by atoms with Crippen molar-refractivity contribution in [1.29, 1.82) is 0 Å². The molecule has 0 aromatic heterocycles. The lowest BCUT2D eigenvalue weighted by Crippen LogP contribution is -2.43. The quantitative estimate of drug-likeness (QED) is 0.591. The number of methoxy groups -OCH3 is 2. The maximum atomic E-state index is 8.81. The summed E-state index contributed by atoms with van der Waals surface area (Å²) < 4.78 is 10.4. The molecule has 16 heavy (non-hydrogen) atoms. The second-order valence-corrected chi connectivity index (χ2v) is 5.00. The second kappa shape index (κ2) is 8.01. The zero-order valence-electron chi connectivity index (χ0n) is 11.2. The third-order valence-electron chi connectivity index (χ3n) is 2.79. The molecule has 98 valence electrons. The first kappa shape index (κ1) is 15.8. The van der Waals surface area contributed by atoms with Crippen molar-refractivity contribution in [3.05, 3.63) is 0 Å². The van der Waals surface area contributed by atoms with Crippen molar-refractivity contribution in [3.8, 4) is 0 Å². The normalized spacial score (nSPS) is 14.4. The Hall–Kier alpha value is -0.160. The average Bonchev–Trinajstić information content (AvgIpc) is 2.25. The zero-order valence-corrected chi connectivity index (χ0v) is 11.2. The second-order valence-electron chi connectivity index (χ2n) is 5.00. The van der Waals surface area contributed by atoms with E-state index < -0.39 is 0 Å². The molecule has 0 aromatic carbocycles. The number of hydrogen-bond acceptors (Lipinski definition) is 4. The predicted molar refractivity (Wildman–Crippen MR) is 65.4 cm³/mol. The largest absolute Gasteiger partial charge is 0.396 e. The van der Waals surface area contributed by atoms with Crippen molar-refractivity contribution in [2.75, 3.05) is 27.4 Å².